The number of nitrogens with one attached hydrogen (secondary N) is 3. The number of methoxy groups -OCH3 is 1. The molecule has 0 saturated carbocycles. The van der Waals surface area contributed by atoms with Crippen molar-refractivity contribution in [2.24, 2.45) is 11.7 Å². The van der Waals surface area contributed by atoms with Crippen molar-refractivity contribution in [3.8, 4) is 23.1 Å². The van der Waals surface area contributed by atoms with Crippen molar-refractivity contribution in [3.05, 3.63) is 119 Å². The van der Waals surface area contributed by atoms with Gasteiger partial charge in [0.2, 0.25) is 11.8 Å². The Balaban J connectivity index is 0.951. The number of carbonyl (C=O) groups excluding carboxylic acids is 3. The summed E-state index contributed by atoms with van der Waals surface area (Å²) in [4.78, 5) is 59.3. The first kappa shape index (κ1) is 37.5. The molecule has 0 aliphatic carbocycles. The quantitative estimate of drug-likeness (QED) is 0.123. The number of amides is 3. The van der Waals surface area contributed by atoms with E-state index in [4.69, 9.17) is 15.5 Å². The lowest BCUT2D eigenvalue weighted by Gasteiger charge is -2.29. The van der Waals surface area contributed by atoms with E-state index in [1.807, 2.05) is 103 Å². The second-order valence-corrected chi connectivity index (χ2v) is 15.2. The summed E-state index contributed by atoms with van der Waals surface area (Å²) in [7, 11) is 1.29. The molecule has 290 valence electrons. The Hall–Kier alpha value is -6.45. The maximum Gasteiger partial charge on any atom is 0.407 e. The fourth-order valence-electron chi connectivity index (χ4n) is 8.08. The molecule has 4 aromatic carbocycles. The Morgan fingerprint density at radius 2 is 1.53 bits per heavy atom. The Bertz CT molecular complexity index is 2500. The van der Waals surface area contributed by atoms with E-state index in [0.717, 1.165) is 87.1 Å². The van der Waals surface area contributed by atoms with Crippen LogP contribution >= 0.6 is 0 Å². The summed E-state index contributed by atoms with van der Waals surface area (Å²) in [5.41, 5.74) is 12.5. The molecule has 0 bridgehead atoms. The van der Waals surface area contributed by atoms with Crippen LogP contribution in [-0.2, 0) is 14.3 Å². The standard InChI is InChI=1S/C45H46N8O4/c1-27(2)39(51-45(56)57-3)44(55)53-24-8-12-37(53)42-48-34-22-20-32-25-29(17-21-33(32)40(34)50-42)14-13-28-15-18-30(19-16-28)35-26-47-41(49-35)36-11-7-23-52(36)43(54)38(46)31-9-5-4-6-10-31/h4-6,9-10,15-22,25-27,36-39H,7-8,11-12,23-24,46H2,1-3H3,(H,47,49)(H,48,50)(H,51,56)/t36-,37-,38+,39-/m0/s1. The third-order valence-corrected chi connectivity index (χ3v) is 11.1. The lowest BCUT2D eigenvalue weighted by atomic mass is 10.0. The summed E-state index contributed by atoms with van der Waals surface area (Å²) in [6, 6.07) is 26.0. The average molecular weight is 763 g/mol. The zero-order valence-corrected chi connectivity index (χ0v) is 32.3. The number of alkyl carbamates (subject to hydrolysis) is 1. The van der Waals surface area contributed by atoms with Crippen LogP contribution in [0.3, 0.4) is 0 Å². The molecule has 2 aliphatic rings. The van der Waals surface area contributed by atoms with Crippen LogP contribution in [0.4, 0.5) is 4.79 Å². The minimum Gasteiger partial charge on any atom is -0.453 e. The van der Waals surface area contributed by atoms with Gasteiger partial charge in [-0.2, -0.15) is 0 Å². The van der Waals surface area contributed by atoms with Crippen LogP contribution in [0.25, 0.3) is 33.1 Å². The van der Waals surface area contributed by atoms with E-state index in [2.05, 4.69) is 44.2 Å². The van der Waals surface area contributed by atoms with Crippen molar-refractivity contribution in [3.63, 3.8) is 0 Å². The predicted molar refractivity (Wildman–Crippen MR) is 219 cm³/mol. The van der Waals surface area contributed by atoms with Crippen LogP contribution in [-0.4, -0.2) is 73.9 Å². The van der Waals surface area contributed by atoms with Crippen molar-refractivity contribution in [2.45, 2.75) is 63.7 Å². The molecule has 2 aliphatic heterocycles. The topological polar surface area (TPSA) is 162 Å². The Morgan fingerprint density at radius 1 is 0.842 bits per heavy atom. The van der Waals surface area contributed by atoms with Crippen molar-refractivity contribution in [2.75, 3.05) is 20.2 Å². The number of benzene rings is 4. The van der Waals surface area contributed by atoms with E-state index in [1.165, 1.54) is 7.11 Å². The molecule has 2 fully saturated rings. The summed E-state index contributed by atoms with van der Waals surface area (Å²) in [6.07, 6.45) is 4.55. The maximum absolute atomic E-state index is 13.6. The van der Waals surface area contributed by atoms with Crippen LogP contribution in [0.5, 0.6) is 0 Å². The van der Waals surface area contributed by atoms with E-state index in [9.17, 15) is 14.4 Å². The lowest BCUT2D eigenvalue weighted by Crippen LogP contribution is -2.51. The molecule has 2 saturated heterocycles. The lowest BCUT2D eigenvalue weighted by molar-refractivity contribution is -0.135. The van der Waals surface area contributed by atoms with Crippen LogP contribution in [0, 0.1) is 17.8 Å². The molecule has 4 atom stereocenters. The zero-order chi connectivity index (χ0) is 39.6. The highest BCUT2D eigenvalue weighted by Gasteiger charge is 2.38. The van der Waals surface area contributed by atoms with Gasteiger partial charge in [-0.05, 0) is 78.4 Å². The van der Waals surface area contributed by atoms with Crippen LogP contribution < -0.4 is 11.1 Å². The number of likely N-dealkylation sites (tertiary alicyclic amines) is 2. The van der Waals surface area contributed by atoms with Crippen LogP contribution in [0.2, 0.25) is 0 Å². The number of rotatable bonds is 8. The second kappa shape index (κ2) is 16.0. The largest absolute Gasteiger partial charge is 0.453 e. The highest BCUT2D eigenvalue weighted by atomic mass is 16.5. The van der Waals surface area contributed by atoms with Crippen molar-refractivity contribution in [1.82, 2.24) is 35.1 Å². The van der Waals surface area contributed by atoms with Crippen molar-refractivity contribution < 1.29 is 19.1 Å². The normalized spacial score (nSPS) is 17.8. The minimum absolute atomic E-state index is 0.0894. The summed E-state index contributed by atoms with van der Waals surface area (Å²) in [5.74, 6) is 7.78. The van der Waals surface area contributed by atoms with E-state index in [0.29, 0.717) is 13.1 Å². The molecular formula is C45H46N8O4. The molecule has 57 heavy (non-hydrogen) atoms. The first-order valence-electron chi connectivity index (χ1n) is 19.5. The summed E-state index contributed by atoms with van der Waals surface area (Å²) < 4.78 is 4.78. The van der Waals surface area contributed by atoms with E-state index >= 15 is 0 Å². The maximum atomic E-state index is 13.6. The number of ether oxygens (including phenoxy) is 1. The number of carbonyl (C=O) groups is 3. The predicted octanol–water partition coefficient (Wildman–Crippen LogP) is 6.91. The average Bonchev–Trinajstić information content (AvgIpc) is 4.08. The number of imidazole rings is 2. The number of aromatic nitrogens is 4. The van der Waals surface area contributed by atoms with Gasteiger partial charge in [0, 0.05) is 29.6 Å². The van der Waals surface area contributed by atoms with Gasteiger partial charge in [-0.1, -0.05) is 80.3 Å². The zero-order valence-electron chi connectivity index (χ0n) is 32.3. The Kier molecular flexibility index (Phi) is 10.5. The van der Waals surface area contributed by atoms with Gasteiger partial charge < -0.3 is 35.6 Å². The van der Waals surface area contributed by atoms with Gasteiger partial charge in [0.25, 0.3) is 0 Å². The fraction of sp³-hybridized carbons (Fsp3) is 0.311. The smallest absolute Gasteiger partial charge is 0.407 e. The number of H-pyrrole nitrogens is 2. The summed E-state index contributed by atoms with van der Waals surface area (Å²) in [6.45, 7) is 5.06. The third-order valence-electron chi connectivity index (χ3n) is 11.1. The number of aromatic amines is 2. The highest BCUT2D eigenvalue weighted by molar-refractivity contribution is 6.04. The van der Waals surface area contributed by atoms with Gasteiger partial charge >= 0.3 is 6.09 Å². The molecule has 12 nitrogen and oxygen atoms in total. The Labute approximate surface area is 331 Å². The molecule has 0 spiro atoms. The third kappa shape index (κ3) is 7.58. The highest BCUT2D eigenvalue weighted by Crippen LogP contribution is 2.35. The van der Waals surface area contributed by atoms with E-state index < -0.39 is 18.2 Å². The van der Waals surface area contributed by atoms with E-state index in [-0.39, 0.29) is 29.8 Å². The molecular weight excluding hydrogens is 717 g/mol. The van der Waals surface area contributed by atoms with E-state index in [1.54, 1.807) is 0 Å². The minimum atomic E-state index is -0.707. The van der Waals surface area contributed by atoms with Crippen LogP contribution in [0.15, 0.2) is 91.1 Å². The SMILES string of the molecule is COC(=O)N[C@H](C(=O)N1CCC[C@H]1c1nc2c(ccc3cc(C#Cc4ccc(-c5cnc([C@@H]6CCCN6C(=O)[C@H](N)c6ccccc6)[nH]5)cc4)ccc32)[nH]1)C(C)C. The molecule has 4 heterocycles. The number of nitrogens with zero attached hydrogens (tertiary/aromatic N) is 4. The number of nitrogens with two attached hydrogens (primary N) is 1. The molecule has 0 radical (unpaired) electrons. The first-order valence-corrected chi connectivity index (χ1v) is 19.5. The first-order chi connectivity index (χ1) is 27.7. The van der Waals surface area contributed by atoms with Gasteiger partial charge in [-0.15, -0.1) is 0 Å². The van der Waals surface area contributed by atoms with Crippen molar-refractivity contribution >= 4 is 39.7 Å². The molecule has 0 unspecified atom stereocenters. The van der Waals surface area contributed by atoms with Crippen molar-refractivity contribution in [1.29, 1.82) is 0 Å². The van der Waals surface area contributed by atoms with Gasteiger partial charge in [0.05, 0.1) is 42.1 Å². The summed E-state index contributed by atoms with van der Waals surface area (Å²) >= 11 is 0. The van der Waals surface area contributed by atoms with Gasteiger partial charge in [-0.3, -0.25) is 9.59 Å². The number of hydrogen-bond donors (Lipinski definition) is 4. The fourth-order valence-corrected chi connectivity index (χ4v) is 8.08. The van der Waals surface area contributed by atoms with Gasteiger partial charge in [-0.25, -0.2) is 14.8 Å². The van der Waals surface area contributed by atoms with Gasteiger partial charge in [0.15, 0.2) is 0 Å². The molecule has 12 heteroatoms. The second-order valence-electron chi connectivity index (χ2n) is 15.2. The summed E-state index contributed by atoms with van der Waals surface area (Å²) in [5, 5.41) is 4.72. The Morgan fingerprint density at radius 3 is 2.25 bits per heavy atom. The molecule has 6 aromatic rings. The number of hydrogen-bond acceptors (Lipinski definition) is 7. The van der Waals surface area contributed by atoms with Crippen LogP contribution in [0.1, 0.15) is 86.0 Å². The monoisotopic (exact) mass is 762 g/mol. The van der Waals surface area contributed by atoms with Gasteiger partial charge in [0.1, 0.15) is 23.7 Å². The molecule has 2 aromatic heterocycles. The molecule has 8 rings (SSSR count). The molecule has 3 amide bonds. The number of fused-ring (bicyclic) bond motifs is 3. The molecule has 5 N–H and O–H groups in total.